The first-order valence-corrected chi connectivity index (χ1v) is 6.35. The standard InChI is InChI=1S/C13H25N3/c1-11-5-4-6-12(9-11)16(3)8-7-13(2,15)10-14/h11-12H,4-9,15H2,1-3H3. The third-order valence-corrected chi connectivity index (χ3v) is 3.77. The maximum Gasteiger partial charge on any atom is 0.102 e. The summed E-state index contributed by atoms with van der Waals surface area (Å²) in [4.78, 5) is 2.39. The maximum atomic E-state index is 8.87. The van der Waals surface area contributed by atoms with Crippen molar-refractivity contribution < 1.29 is 0 Å². The molecule has 2 N–H and O–H groups in total. The fourth-order valence-electron chi connectivity index (χ4n) is 2.45. The van der Waals surface area contributed by atoms with Crippen molar-refractivity contribution in [3.63, 3.8) is 0 Å². The number of hydrogen-bond acceptors (Lipinski definition) is 3. The van der Waals surface area contributed by atoms with Crippen molar-refractivity contribution in [1.29, 1.82) is 5.26 Å². The van der Waals surface area contributed by atoms with Crippen LogP contribution in [-0.2, 0) is 0 Å². The molecule has 16 heavy (non-hydrogen) atoms. The van der Waals surface area contributed by atoms with E-state index in [2.05, 4.69) is 24.9 Å². The fraction of sp³-hybridized carbons (Fsp3) is 0.923. The fourth-order valence-corrected chi connectivity index (χ4v) is 2.45. The van der Waals surface area contributed by atoms with Gasteiger partial charge in [-0.05, 0) is 39.2 Å². The molecule has 3 nitrogen and oxygen atoms in total. The molecule has 0 aromatic rings. The van der Waals surface area contributed by atoms with Crippen molar-refractivity contribution in [2.75, 3.05) is 13.6 Å². The summed E-state index contributed by atoms with van der Waals surface area (Å²) >= 11 is 0. The molecule has 0 heterocycles. The molecule has 1 fully saturated rings. The molecule has 3 atom stereocenters. The zero-order valence-electron chi connectivity index (χ0n) is 10.9. The first-order chi connectivity index (χ1) is 7.44. The van der Waals surface area contributed by atoms with Crippen molar-refractivity contribution in [3.05, 3.63) is 0 Å². The topological polar surface area (TPSA) is 53.0 Å². The highest BCUT2D eigenvalue weighted by atomic mass is 15.1. The lowest BCUT2D eigenvalue weighted by Gasteiger charge is -2.35. The van der Waals surface area contributed by atoms with E-state index in [-0.39, 0.29) is 0 Å². The van der Waals surface area contributed by atoms with Gasteiger partial charge in [0.1, 0.15) is 5.54 Å². The quantitative estimate of drug-likeness (QED) is 0.794. The van der Waals surface area contributed by atoms with Crippen molar-refractivity contribution in [2.45, 2.75) is 57.5 Å². The first-order valence-electron chi connectivity index (χ1n) is 6.35. The number of nitrogens with two attached hydrogens (primary N) is 1. The lowest BCUT2D eigenvalue weighted by Crippen LogP contribution is -2.42. The number of nitrogens with zero attached hydrogens (tertiary/aromatic N) is 2. The average Bonchev–Trinajstić information content (AvgIpc) is 2.26. The number of rotatable bonds is 4. The van der Waals surface area contributed by atoms with Gasteiger partial charge in [-0.1, -0.05) is 19.8 Å². The predicted octanol–water partition coefficient (Wildman–Crippen LogP) is 2.13. The van der Waals surface area contributed by atoms with Crippen LogP contribution >= 0.6 is 0 Å². The summed E-state index contributed by atoms with van der Waals surface area (Å²) in [6.45, 7) is 5.07. The second-order valence-electron chi connectivity index (χ2n) is 5.69. The summed E-state index contributed by atoms with van der Waals surface area (Å²) in [5.41, 5.74) is 5.16. The monoisotopic (exact) mass is 223 g/mol. The zero-order valence-corrected chi connectivity index (χ0v) is 10.9. The average molecular weight is 223 g/mol. The molecule has 0 saturated heterocycles. The van der Waals surface area contributed by atoms with Crippen LogP contribution in [0, 0.1) is 17.2 Å². The summed E-state index contributed by atoms with van der Waals surface area (Å²) in [5.74, 6) is 0.849. The molecule has 0 aliphatic heterocycles. The molecule has 0 aromatic heterocycles. The smallest absolute Gasteiger partial charge is 0.102 e. The van der Waals surface area contributed by atoms with E-state index >= 15 is 0 Å². The van der Waals surface area contributed by atoms with Gasteiger partial charge in [-0.3, -0.25) is 0 Å². The summed E-state index contributed by atoms with van der Waals surface area (Å²) in [6, 6.07) is 2.85. The Kier molecular flexibility index (Phi) is 4.76. The molecule has 1 saturated carbocycles. The lowest BCUT2D eigenvalue weighted by atomic mass is 9.86. The van der Waals surface area contributed by atoms with Crippen molar-refractivity contribution in [1.82, 2.24) is 4.90 Å². The van der Waals surface area contributed by atoms with E-state index in [0.717, 1.165) is 18.9 Å². The zero-order chi connectivity index (χ0) is 12.2. The molecule has 1 aliphatic carbocycles. The Labute approximate surface area is 99.6 Å². The Morgan fingerprint density at radius 2 is 2.19 bits per heavy atom. The molecule has 0 amide bonds. The third kappa shape index (κ3) is 4.11. The molecule has 0 aromatic carbocycles. The SMILES string of the molecule is CC1CCCC(N(C)CCC(C)(N)C#N)C1. The minimum Gasteiger partial charge on any atom is -0.314 e. The van der Waals surface area contributed by atoms with Crippen LogP contribution < -0.4 is 5.73 Å². The second-order valence-corrected chi connectivity index (χ2v) is 5.69. The number of hydrogen-bond donors (Lipinski definition) is 1. The summed E-state index contributed by atoms with van der Waals surface area (Å²) in [5, 5.41) is 8.87. The largest absolute Gasteiger partial charge is 0.314 e. The van der Waals surface area contributed by atoms with Crippen molar-refractivity contribution in [3.8, 4) is 6.07 Å². The third-order valence-electron chi connectivity index (χ3n) is 3.77. The van der Waals surface area contributed by atoms with Gasteiger partial charge in [0, 0.05) is 12.6 Å². The Balaban J connectivity index is 2.35. The van der Waals surface area contributed by atoms with E-state index in [9.17, 15) is 0 Å². The Bertz CT molecular complexity index is 254. The van der Waals surface area contributed by atoms with Crippen LogP contribution in [0.1, 0.15) is 46.0 Å². The van der Waals surface area contributed by atoms with Crippen molar-refractivity contribution in [2.24, 2.45) is 11.7 Å². The minimum absolute atomic E-state index is 0.672. The molecule has 92 valence electrons. The first kappa shape index (κ1) is 13.5. The Morgan fingerprint density at radius 1 is 1.50 bits per heavy atom. The maximum absolute atomic E-state index is 8.87. The van der Waals surface area contributed by atoms with E-state index in [4.69, 9.17) is 11.0 Å². The van der Waals surface area contributed by atoms with Crippen LogP contribution in [-0.4, -0.2) is 30.1 Å². The molecule has 0 radical (unpaired) electrons. The van der Waals surface area contributed by atoms with Gasteiger partial charge in [-0.15, -0.1) is 0 Å². The molecule has 0 bridgehead atoms. The van der Waals surface area contributed by atoms with Gasteiger partial charge >= 0.3 is 0 Å². The Morgan fingerprint density at radius 3 is 2.75 bits per heavy atom. The summed E-state index contributed by atoms with van der Waals surface area (Å²) in [6.07, 6.45) is 6.06. The van der Waals surface area contributed by atoms with Crippen LogP contribution in [0.2, 0.25) is 0 Å². The van der Waals surface area contributed by atoms with E-state index in [1.807, 2.05) is 6.92 Å². The van der Waals surface area contributed by atoms with Gasteiger partial charge in [0.05, 0.1) is 6.07 Å². The molecule has 3 heteroatoms. The van der Waals surface area contributed by atoms with E-state index in [0.29, 0.717) is 6.04 Å². The van der Waals surface area contributed by atoms with Crippen LogP contribution in [0.25, 0.3) is 0 Å². The molecule has 0 spiro atoms. The van der Waals surface area contributed by atoms with E-state index in [1.54, 1.807) is 0 Å². The van der Waals surface area contributed by atoms with Crippen LogP contribution in [0.3, 0.4) is 0 Å². The molecule has 1 aliphatic rings. The molecule has 1 rings (SSSR count). The highest BCUT2D eigenvalue weighted by Crippen LogP contribution is 2.26. The van der Waals surface area contributed by atoms with Gasteiger partial charge in [-0.2, -0.15) is 5.26 Å². The highest BCUT2D eigenvalue weighted by molar-refractivity contribution is 5.01. The van der Waals surface area contributed by atoms with Gasteiger partial charge in [0.2, 0.25) is 0 Å². The van der Waals surface area contributed by atoms with Crippen LogP contribution in [0.4, 0.5) is 0 Å². The van der Waals surface area contributed by atoms with E-state index < -0.39 is 5.54 Å². The van der Waals surface area contributed by atoms with Gasteiger partial charge < -0.3 is 10.6 Å². The van der Waals surface area contributed by atoms with Gasteiger partial charge in [0.15, 0.2) is 0 Å². The molecule has 3 unspecified atom stereocenters. The predicted molar refractivity (Wildman–Crippen MR) is 66.9 cm³/mol. The van der Waals surface area contributed by atoms with Gasteiger partial charge in [0.25, 0.3) is 0 Å². The van der Waals surface area contributed by atoms with Gasteiger partial charge in [-0.25, -0.2) is 0 Å². The lowest BCUT2D eigenvalue weighted by molar-refractivity contribution is 0.157. The summed E-state index contributed by atoms with van der Waals surface area (Å²) < 4.78 is 0. The van der Waals surface area contributed by atoms with Crippen LogP contribution in [0.5, 0.6) is 0 Å². The second kappa shape index (κ2) is 5.65. The number of nitriles is 1. The Hall–Kier alpha value is -0.590. The summed E-state index contributed by atoms with van der Waals surface area (Å²) in [7, 11) is 2.16. The van der Waals surface area contributed by atoms with E-state index in [1.165, 1.54) is 25.7 Å². The minimum atomic E-state index is -0.672. The van der Waals surface area contributed by atoms with Crippen LogP contribution in [0.15, 0.2) is 0 Å². The van der Waals surface area contributed by atoms with Crippen molar-refractivity contribution >= 4 is 0 Å². The highest BCUT2D eigenvalue weighted by Gasteiger charge is 2.24. The molecular formula is C13H25N3. The molecular weight excluding hydrogens is 198 g/mol. The normalized spacial score (nSPS) is 29.8.